The van der Waals surface area contributed by atoms with Gasteiger partial charge in [0.15, 0.2) is 0 Å². The Hall–Kier alpha value is -2.12. The highest BCUT2D eigenvalue weighted by Gasteiger charge is 2.35. The lowest BCUT2D eigenvalue weighted by Crippen LogP contribution is -2.47. The van der Waals surface area contributed by atoms with Crippen molar-refractivity contribution < 1.29 is 9.59 Å². The quantitative estimate of drug-likeness (QED) is 0.781. The van der Waals surface area contributed by atoms with Crippen molar-refractivity contribution >= 4 is 35.0 Å². The van der Waals surface area contributed by atoms with Crippen LogP contribution in [0.2, 0.25) is 10.0 Å². The van der Waals surface area contributed by atoms with Crippen LogP contribution in [0.5, 0.6) is 0 Å². The maximum absolute atomic E-state index is 12.7. The predicted molar refractivity (Wildman–Crippen MR) is 111 cm³/mol. The van der Waals surface area contributed by atoms with Gasteiger partial charge in [-0.25, -0.2) is 9.67 Å². The number of halogens is 2. The van der Waals surface area contributed by atoms with Crippen molar-refractivity contribution in [2.24, 2.45) is 5.92 Å². The average molecular weight is 436 g/mol. The lowest BCUT2D eigenvalue weighted by Gasteiger charge is -2.32. The molecule has 0 atom stereocenters. The Labute approximate surface area is 179 Å². The van der Waals surface area contributed by atoms with E-state index in [1.807, 2.05) is 11.8 Å². The van der Waals surface area contributed by atoms with Gasteiger partial charge in [-0.1, -0.05) is 36.2 Å². The molecule has 154 valence electrons. The SMILES string of the molecule is CCc1nc(C(=O)NC2CCN(C(=O)C3CC3)CC2)nn1-c1c(Cl)cccc1Cl. The minimum Gasteiger partial charge on any atom is -0.346 e. The van der Waals surface area contributed by atoms with Crippen LogP contribution >= 0.6 is 23.2 Å². The first kappa shape index (κ1) is 20.2. The van der Waals surface area contributed by atoms with E-state index in [1.54, 1.807) is 18.2 Å². The molecule has 2 aliphatic rings. The van der Waals surface area contributed by atoms with E-state index in [9.17, 15) is 9.59 Å². The molecule has 1 aliphatic heterocycles. The van der Waals surface area contributed by atoms with Crippen molar-refractivity contribution in [3.05, 3.63) is 39.9 Å². The summed E-state index contributed by atoms with van der Waals surface area (Å²) in [5.41, 5.74) is 0.520. The molecule has 1 aromatic carbocycles. The third-order valence-electron chi connectivity index (χ3n) is 5.41. The van der Waals surface area contributed by atoms with Crippen LogP contribution in [0.15, 0.2) is 18.2 Å². The Morgan fingerprint density at radius 2 is 1.79 bits per heavy atom. The largest absolute Gasteiger partial charge is 0.346 e. The molecule has 2 amide bonds. The number of likely N-dealkylation sites (tertiary alicyclic amines) is 1. The molecule has 1 N–H and O–H groups in total. The Morgan fingerprint density at radius 3 is 2.38 bits per heavy atom. The summed E-state index contributed by atoms with van der Waals surface area (Å²) in [7, 11) is 0. The van der Waals surface area contributed by atoms with Crippen molar-refractivity contribution in [3.8, 4) is 5.69 Å². The minimum absolute atomic E-state index is 0.00619. The molecule has 0 bridgehead atoms. The average Bonchev–Trinajstić information content (AvgIpc) is 3.47. The maximum atomic E-state index is 12.7. The molecule has 0 spiro atoms. The first-order valence-electron chi connectivity index (χ1n) is 9.98. The number of para-hydroxylation sites is 1. The molecule has 1 aliphatic carbocycles. The number of hydrogen-bond acceptors (Lipinski definition) is 4. The van der Waals surface area contributed by atoms with Gasteiger partial charge in [0.2, 0.25) is 11.7 Å². The van der Waals surface area contributed by atoms with Crippen LogP contribution in [0.3, 0.4) is 0 Å². The maximum Gasteiger partial charge on any atom is 0.291 e. The van der Waals surface area contributed by atoms with Gasteiger partial charge >= 0.3 is 0 Å². The van der Waals surface area contributed by atoms with E-state index in [1.165, 1.54) is 4.68 Å². The number of piperidine rings is 1. The van der Waals surface area contributed by atoms with Gasteiger partial charge in [-0.15, -0.1) is 5.10 Å². The zero-order chi connectivity index (χ0) is 20.5. The van der Waals surface area contributed by atoms with Gasteiger partial charge in [0.05, 0.1) is 10.0 Å². The standard InChI is InChI=1S/C20H23Cl2N5O2/c1-2-16-24-18(25-27(16)17-14(21)4-3-5-15(17)22)19(28)23-13-8-10-26(11-9-13)20(29)12-6-7-12/h3-5,12-13H,2,6-11H2,1H3,(H,23,28). The fourth-order valence-electron chi connectivity index (χ4n) is 3.62. The normalized spacial score (nSPS) is 17.4. The fourth-order valence-corrected chi connectivity index (χ4v) is 4.18. The monoisotopic (exact) mass is 435 g/mol. The van der Waals surface area contributed by atoms with Gasteiger partial charge < -0.3 is 10.2 Å². The van der Waals surface area contributed by atoms with Crippen molar-refractivity contribution in [1.29, 1.82) is 0 Å². The third kappa shape index (κ3) is 4.26. The number of rotatable bonds is 5. The van der Waals surface area contributed by atoms with Gasteiger partial charge in [0.25, 0.3) is 5.91 Å². The molecular formula is C20H23Cl2N5O2. The number of nitrogens with one attached hydrogen (secondary N) is 1. The molecule has 29 heavy (non-hydrogen) atoms. The lowest BCUT2D eigenvalue weighted by atomic mass is 10.0. The van der Waals surface area contributed by atoms with Crippen LogP contribution in [0.1, 0.15) is 49.1 Å². The molecule has 7 nitrogen and oxygen atoms in total. The summed E-state index contributed by atoms with van der Waals surface area (Å²) >= 11 is 12.6. The number of carbonyl (C=O) groups is 2. The molecule has 0 unspecified atom stereocenters. The Bertz CT molecular complexity index is 913. The first-order valence-corrected chi connectivity index (χ1v) is 10.7. The van der Waals surface area contributed by atoms with E-state index >= 15 is 0 Å². The smallest absolute Gasteiger partial charge is 0.291 e. The van der Waals surface area contributed by atoms with Gasteiger partial charge in [0, 0.05) is 31.5 Å². The number of amides is 2. The van der Waals surface area contributed by atoms with Crippen LogP contribution in [0.4, 0.5) is 0 Å². The second kappa shape index (κ2) is 8.32. The number of hydrogen-bond donors (Lipinski definition) is 1. The Balaban J connectivity index is 1.44. The minimum atomic E-state index is -0.325. The van der Waals surface area contributed by atoms with Crippen LogP contribution in [-0.2, 0) is 11.2 Å². The first-order chi connectivity index (χ1) is 14.0. The highest BCUT2D eigenvalue weighted by Crippen LogP contribution is 2.32. The van der Waals surface area contributed by atoms with Crippen molar-refractivity contribution in [1.82, 2.24) is 25.0 Å². The highest BCUT2D eigenvalue weighted by atomic mass is 35.5. The van der Waals surface area contributed by atoms with Crippen LogP contribution in [0, 0.1) is 5.92 Å². The molecule has 2 heterocycles. The summed E-state index contributed by atoms with van der Waals surface area (Å²) in [6.45, 7) is 3.29. The molecule has 9 heteroatoms. The number of aryl methyl sites for hydroxylation is 1. The van der Waals surface area contributed by atoms with E-state index in [0.29, 0.717) is 41.1 Å². The molecular weight excluding hydrogens is 413 g/mol. The van der Waals surface area contributed by atoms with Crippen molar-refractivity contribution in [2.75, 3.05) is 13.1 Å². The molecule has 0 radical (unpaired) electrons. The number of aromatic nitrogens is 3. The molecule has 2 fully saturated rings. The Kier molecular flexibility index (Phi) is 5.79. The van der Waals surface area contributed by atoms with Crippen LogP contribution < -0.4 is 5.32 Å². The second-order valence-corrected chi connectivity index (χ2v) is 8.35. The summed E-state index contributed by atoms with van der Waals surface area (Å²) in [6.07, 6.45) is 4.07. The molecule has 2 aromatic rings. The molecule has 4 rings (SSSR count). The van der Waals surface area contributed by atoms with Gasteiger partial charge in [-0.3, -0.25) is 9.59 Å². The summed E-state index contributed by atoms with van der Waals surface area (Å²) < 4.78 is 1.54. The number of benzene rings is 1. The summed E-state index contributed by atoms with van der Waals surface area (Å²) in [4.78, 5) is 31.2. The molecule has 1 aromatic heterocycles. The molecule has 1 saturated carbocycles. The van der Waals surface area contributed by atoms with Gasteiger partial charge in [-0.05, 0) is 37.8 Å². The van der Waals surface area contributed by atoms with E-state index in [0.717, 1.165) is 25.7 Å². The summed E-state index contributed by atoms with van der Waals surface area (Å²) in [5.74, 6) is 0.871. The van der Waals surface area contributed by atoms with Crippen molar-refractivity contribution in [3.63, 3.8) is 0 Å². The molecule has 1 saturated heterocycles. The van der Waals surface area contributed by atoms with E-state index < -0.39 is 0 Å². The van der Waals surface area contributed by atoms with Gasteiger partial charge in [0.1, 0.15) is 11.5 Å². The zero-order valence-electron chi connectivity index (χ0n) is 16.2. The van der Waals surface area contributed by atoms with Crippen LogP contribution in [0.25, 0.3) is 5.69 Å². The Morgan fingerprint density at radius 1 is 1.14 bits per heavy atom. The number of nitrogens with zero attached hydrogens (tertiary/aromatic N) is 4. The van der Waals surface area contributed by atoms with Gasteiger partial charge in [-0.2, -0.15) is 0 Å². The fraction of sp³-hybridized carbons (Fsp3) is 0.500. The second-order valence-electron chi connectivity index (χ2n) is 7.53. The predicted octanol–water partition coefficient (Wildman–Crippen LogP) is 3.27. The van der Waals surface area contributed by atoms with E-state index in [-0.39, 0.29) is 29.6 Å². The lowest BCUT2D eigenvalue weighted by molar-refractivity contribution is -0.133. The summed E-state index contributed by atoms with van der Waals surface area (Å²) in [5, 5.41) is 8.26. The van der Waals surface area contributed by atoms with E-state index in [2.05, 4.69) is 15.4 Å². The third-order valence-corrected chi connectivity index (χ3v) is 6.02. The summed E-state index contributed by atoms with van der Waals surface area (Å²) in [6, 6.07) is 5.21. The topological polar surface area (TPSA) is 80.1 Å². The van der Waals surface area contributed by atoms with Crippen LogP contribution in [-0.4, -0.2) is 50.6 Å². The number of carbonyl (C=O) groups excluding carboxylic acids is 2. The van der Waals surface area contributed by atoms with E-state index in [4.69, 9.17) is 23.2 Å². The van der Waals surface area contributed by atoms with Crippen molar-refractivity contribution in [2.45, 2.75) is 45.1 Å². The zero-order valence-corrected chi connectivity index (χ0v) is 17.7. The highest BCUT2D eigenvalue weighted by molar-refractivity contribution is 6.37.